The summed E-state index contributed by atoms with van der Waals surface area (Å²) in [5.74, 6) is -3.19. The van der Waals surface area contributed by atoms with E-state index in [2.05, 4.69) is 4.98 Å². The molecular weight excluding hydrogens is 236 g/mol. The molecule has 82 valence electrons. The summed E-state index contributed by atoms with van der Waals surface area (Å²) < 4.78 is 26.3. The largest absolute Gasteiger partial charge is 0.476 e. The maximum absolute atomic E-state index is 13.3. The van der Waals surface area contributed by atoms with Crippen LogP contribution in [0.25, 0.3) is 11.3 Å². The van der Waals surface area contributed by atoms with Gasteiger partial charge in [0.05, 0.1) is 5.69 Å². The first-order valence-corrected chi connectivity index (χ1v) is 5.11. The van der Waals surface area contributed by atoms with Crippen LogP contribution < -0.4 is 0 Å². The fourth-order valence-electron chi connectivity index (χ4n) is 1.20. The second kappa shape index (κ2) is 3.97. The van der Waals surface area contributed by atoms with Crippen LogP contribution in [0.4, 0.5) is 8.78 Å². The minimum Gasteiger partial charge on any atom is -0.476 e. The van der Waals surface area contributed by atoms with Gasteiger partial charge in [-0.25, -0.2) is 18.6 Å². The van der Waals surface area contributed by atoms with E-state index in [9.17, 15) is 13.6 Å². The lowest BCUT2D eigenvalue weighted by atomic mass is 10.1. The number of halogens is 2. The smallest absolute Gasteiger partial charge is 0.365 e. The van der Waals surface area contributed by atoms with Crippen molar-refractivity contribution < 1.29 is 18.7 Å². The van der Waals surface area contributed by atoms with Crippen molar-refractivity contribution in [3.05, 3.63) is 40.2 Å². The quantitative estimate of drug-likeness (QED) is 0.879. The summed E-state index contributed by atoms with van der Waals surface area (Å²) in [6.07, 6.45) is 0. The zero-order chi connectivity index (χ0) is 11.7. The van der Waals surface area contributed by atoms with Gasteiger partial charge >= 0.3 is 5.97 Å². The predicted molar refractivity (Wildman–Crippen MR) is 54.4 cm³/mol. The summed E-state index contributed by atoms with van der Waals surface area (Å²) in [5.41, 5.74) is 0.0863. The highest BCUT2D eigenvalue weighted by Crippen LogP contribution is 2.25. The van der Waals surface area contributed by atoms with Gasteiger partial charge in [0.15, 0.2) is 11.6 Å². The molecule has 1 N–H and O–H groups in total. The summed E-state index contributed by atoms with van der Waals surface area (Å²) in [7, 11) is 0. The molecule has 0 aliphatic carbocycles. The summed E-state index contributed by atoms with van der Waals surface area (Å²) in [5, 5.41) is 9.87. The van der Waals surface area contributed by atoms with Crippen molar-refractivity contribution in [2.24, 2.45) is 0 Å². The van der Waals surface area contributed by atoms with Crippen LogP contribution in [0.1, 0.15) is 9.80 Å². The number of carboxylic acid groups (broad SMARTS) is 1. The van der Waals surface area contributed by atoms with E-state index in [-0.39, 0.29) is 16.3 Å². The summed E-state index contributed by atoms with van der Waals surface area (Å²) in [6.45, 7) is 0. The van der Waals surface area contributed by atoms with Gasteiger partial charge in [-0.15, -0.1) is 11.3 Å². The Morgan fingerprint density at radius 1 is 1.38 bits per heavy atom. The number of aromatic nitrogens is 1. The average Bonchev–Trinajstić information content (AvgIpc) is 2.71. The zero-order valence-corrected chi connectivity index (χ0v) is 8.59. The number of thiazole rings is 1. The van der Waals surface area contributed by atoms with E-state index in [1.165, 1.54) is 17.5 Å². The van der Waals surface area contributed by atoms with Crippen molar-refractivity contribution in [2.75, 3.05) is 0 Å². The van der Waals surface area contributed by atoms with E-state index in [1.54, 1.807) is 0 Å². The molecule has 1 heterocycles. The number of aromatic carboxylic acids is 1. The molecule has 1 aromatic carbocycles. The number of benzene rings is 1. The van der Waals surface area contributed by atoms with Gasteiger partial charge in [0.25, 0.3) is 0 Å². The molecule has 0 saturated heterocycles. The molecule has 0 radical (unpaired) electrons. The van der Waals surface area contributed by atoms with E-state index in [0.29, 0.717) is 0 Å². The lowest BCUT2D eigenvalue weighted by Gasteiger charge is -1.99. The lowest BCUT2D eigenvalue weighted by Crippen LogP contribution is -1.95. The average molecular weight is 241 g/mol. The van der Waals surface area contributed by atoms with Crippen LogP contribution in [0.15, 0.2) is 23.6 Å². The van der Waals surface area contributed by atoms with Crippen molar-refractivity contribution in [1.29, 1.82) is 0 Å². The Balaban J connectivity index is 2.50. The molecule has 0 saturated carbocycles. The normalized spacial score (nSPS) is 10.4. The van der Waals surface area contributed by atoms with Crippen molar-refractivity contribution >= 4 is 17.3 Å². The maximum atomic E-state index is 13.3. The molecule has 0 unspecified atom stereocenters. The second-order valence-electron chi connectivity index (χ2n) is 2.94. The molecule has 2 rings (SSSR count). The summed E-state index contributed by atoms with van der Waals surface area (Å²) in [6, 6.07) is 3.68. The molecule has 3 nitrogen and oxygen atoms in total. The molecule has 2 aromatic rings. The van der Waals surface area contributed by atoms with Gasteiger partial charge in [0.1, 0.15) is 0 Å². The highest BCUT2D eigenvalue weighted by atomic mass is 32.1. The van der Waals surface area contributed by atoms with Crippen LogP contribution in [0, 0.1) is 11.6 Å². The fourth-order valence-corrected chi connectivity index (χ4v) is 1.85. The Morgan fingerprint density at radius 3 is 2.75 bits per heavy atom. The van der Waals surface area contributed by atoms with Gasteiger partial charge in [-0.2, -0.15) is 0 Å². The predicted octanol–water partition coefficient (Wildman–Crippen LogP) is 2.79. The van der Waals surface area contributed by atoms with Crippen LogP contribution >= 0.6 is 11.3 Å². The molecule has 0 amide bonds. The standard InChI is InChI=1S/C10H5F2NO2S/c11-6-3-1-2-5(8(6)12)7-4-16-9(13-7)10(14)15/h1-4H,(H,14,15). The van der Waals surface area contributed by atoms with Crippen LogP contribution in [-0.4, -0.2) is 16.1 Å². The van der Waals surface area contributed by atoms with Crippen molar-refractivity contribution in [2.45, 2.75) is 0 Å². The van der Waals surface area contributed by atoms with Crippen molar-refractivity contribution in [3.8, 4) is 11.3 Å². The number of carboxylic acids is 1. The second-order valence-corrected chi connectivity index (χ2v) is 3.80. The molecule has 1 aromatic heterocycles. The van der Waals surface area contributed by atoms with Crippen LogP contribution in [-0.2, 0) is 0 Å². The molecule has 0 spiro atoms. The zero-order valence-electron chi connectivity index (χ0n) is 7.78. The molecule has 0 aliphatic heterocycles. The summed E-state index contributed by atoms with van der Waals surface area (Å²) in [4.78, 5) is 14.3. The maximum Gasteiger partial charge on any atom is 0.365 e. The Bertz CT molecular complexity index is 554. The van der Waals surface area contributed by atoms with Crippen LogP contribution in [0.5, 0.6) is 0 Å². The number of rotatable bonds is 2. The van der Waals surface area contributed by atoms with Gasteiger partial charge in [0, 0.05) is 10.9 Å². The Kier molecular flexibility index (Phi) is 2.66. The van der Waals surface area contributed by atoms with E-state index >= 15 is 0 Å². The topological polar surface area (TPSA) is 50.2 Å². The van der Waals surface area contributed by atoms with Gasteiger partial charge in [0.2, 0.25) is 5.01 Å². The van der Waals surface area contributed by atoms with Gasteiger partial charge in [-0.1, -0.05) is 6.07 Å². The van der Waals surface area contributed by atoms with Crippen molar-refractivity contribution in [3.63, 3.8) is 0 Å². The molecule has 0 atom stereocenters. The third-order valence-corrected chi connectivity index (χ3v) is 2.74. The number of hydrogen-bond acceptors (Lipinski definition) is 3. The first kappa shape index (κ1) is 10.7. The molecule has 6 heteroatoms. The molecule has 0 bridgehead atoms. The molecule has 16 heavy (non-hydrogen) atoms. The lowest BCUT2D eigenvalue weighted by molar-refractivity contribution is 0.0696. The molecular formula is C10H5F2NO2S. The Morgan fingerprint density at radius 2 is 2.12 bits per heavy atom. The van der Waals surface area contributed by atoms with Crippen LogP contribution in [0.2, 0.25) is 0 Å². The molecule has 0 aliphatic rings. The Hall–Kier alpha value is -1.82. The minimum atomic E-state index is -1.19. The van der Waals surface area contributed by atoms with E-state index in [1.807, 2.05) is 0 Å². The third-order valence-electron chi connectivity index (χ3n) is 1.91. The number of nitrogens with zero attached hydrogens (tertiary/aromatic N) is 1. The monoisotopic (exact) mass is 241 g/mol. The van der Waals surface area contributed by atoms with E-state index < -0.39 is 17.6 Å². The Labute approximate surface area is 93.0 Å². The number of hydrogen-bond donors (Lipinski definition) is 1. The van der Waals surface area contributed by atoms with Gasteiger partial charge < -0.3 is 5.11 Å². The summed E-state index contributed by atoms with van der Waals surface area (Å²) >= 11 is 0.867. The van der Waals surface area contributed by atoms with E-state index in [4.69, 9.17) is 5.11 Å². The SMILES string of the molecule is O=C(O)c1nc(-c2cccc(F)c2F)cs1. The van der Waals surface area contributed by atoms with E-state index in [0.717, 1.165) is 17.4 Å². The number of carbonyl (C=O) groups is 1. The minimum absolute atomic E-state index is 0.0382. The highest BCUT2D eigenvalue weighted by Gasteiger charge is 2.15. The molecule has 0 fully saturated rings. The fraction of sp³-hybridized carbons (Fsp3) is 0. The first-order valence-electron chi connectivity index (χ1n) is 4.23. The van der Waals surface area contributed by atoms with Crippen LogP contribution in [0.3, 0.4) is 0 Å². The third kappa shape index (κ3) is 1.79. The van der Waals surface area contributed by atoms with Gasteiger partial charge in [-0.05, 0) is 12.1 Å². The highest BCUT2D eigenvalue weighted by molar-refractivity contribution is 7.11. The first-order chi connectivity index (χ1) is 7.59. The van der Waals surface area contributed by atoms with Gasteiger partial charge in [-0.3, -0.25) is 0 Å². The van der Waals surface area contributed by atoms with Crippen molar-refractivity contribution in [1.82, 2.24) is 4.98 Å².